The molecule has 1 fully saturated rings. The molecule has 3 rings (SSSR count). The topological polar surface area (TPSA) is 76.1 Å². The predicted molar refractivity (Wildman–Crippen MR) is 71.2 cm³/mol. The maximum Gasteiger partial charge on any atom is 0.243 e. The van der Waals surface area contributed by atoms with E-state index in [9.17, 15) is 8.42 Å². The average molecular weight is 299 g/mol. The fraction of sp³-hybridized carbons (Fsp3) is 0.538. The molecule has 1 atom stereocenters. The smallest absolute Gasteiger partial charge is 0.243 e. The van der Waals surface area contributed by atoms with Gasteiger partial charge in [0, 0.05) is 19.5 Å². The molecule has 0 aliphatic carbocycles. The molecule has 2 aliphatic rings. The van der Waals surface area contributed by atoms with Crippen LogP contribution in [0.2, 0.25) is 0 Å². The van der Waals surface area contributed by atoms with Gasteiger partial charge in [-0.1, -0.05) is 0 Å². The maximum absolute atomic E-state index is 12.6. The zero-order valence-corrected chi connectivity index (χ0v) is 11.8. The first-order chi connectivity index (χ1) is 9.61. The summed E-state index contributed by atoms with van der Waals surface area (Å²) in [4.78, 5) is 0.278. The number of aliphatic hydroxyl groups excluding tert-OH is 1. The first-order valence-corrected chi connectivity index (χ1v) is 8.03. The molecule has 0 radical (unpaired) electrons. The summed E-state index contributed by atoms with van der Waals surface area (Å²) in [5.41, 5.74) is 0.929. The van der Waals surface area contributed by atoms with E-state index < -0.39 is 16.1 Å². The Kier molecular flexibility index (Phi) is 3.68. The first kappa shape index (κ1) is 13.8. The van der Waals surface area contributed by atoms with E-state index in [1.54, 1.807) is 18.2 Å². The van der Waals surface area contributed by atoms with Gasteiger partial charge in [0.25, 0.3) is 0 Å². The highest BCUT2D eigenvalue weighted by Gasteiger charge is 2.31. The summed E-state index contributed by atoms with van der Waals surface area (Å²) in [7, 11) is -3.54. The van der Waals surface area contributed by atoms with E-state index in [2.05, 4.69) is 0 Å². The first-order valence-electron chi connectivity index (χ1n) is 6.59. The van der Waals surface area contributed by atoms with Crippen LogP contribution in [0.4, 0.5) is 0 Å². The van der Waals surface area contributed by atoms with Crippen LogP contribution in [-0.4, -0.2) is 56.8 Å². The lowest BCUT2D eigenvalue weighted by Gasteiger charge is -2.31. The number of hydrogen-bond donors (Lipinski definition) is 1. The highest BCUT2D eigenvalue weighted by atomic mass is 32.2. The van der Waals surface area contributed by atoms with Crippen LogP contribution < -0.4 is 4.74 Å². The molecular weight excluding hydrogens is 282 g/mol. The molecule has 20 heavy (non-hydrogen) atoms. The van der Waals surface area contributed by atoms with Gasteiger partial charge < -0.3 is 14.6 Å². The Morgan fingerprint density at radius 3 is 3.00 bits per heavy atom. The molecule has 1 N–H and O–H groups in total. The molecule has 110 valence electrons. The second-order valence-corrected chi connectivity index (χ2v) is 6.84. The van der Waals surface area contributed by atoms with Crippen molar-refractivity contribution in [3.63, 3.8) is 0 Å². The summed E-state index contributed by atoms with van der Waals surface area (Å²) in [5.74, 6) is 0.763. The summed E-state index contributed by atoms with van der Waals surface area (Å²) in [6, 6.07) is 4.96. The van der Waals surface area contributed by atoms with Gasteiger partial charge in [-0.2, -0.15) is 4.31 Å². The van der Waals surface area contributed by atoms with Gasteiger partial charge >= 0.3 is 0 Å². The zero-order chi connectivity index (χ0) is 14.2. The fourth-order valence-electron chi connectivity index (χ4n) is 2.49. The van der Waals surface area contributed by atoms with Gasteiger partial charge in [0.2, 0.25) is 10.0 Å². The third-order valence-corrected chi connectivity index (χ3v) is 5.46. The minimum atomic E-state index is -3.54. The fourth-order valence-corrected chi connectivity index (χ4v) is 4.00. The van der Waals surface area contributed by atoms with Crippen molar-refractivity contribution in [2.24, 2.45) is 0 Å². The summed E-state index contributed by atoms with van der Waals surface area (Å²) >= 11 is 0. The van der Waals surface area contributed by atoms with Crippen LogP contribution in [0.5, 0.6) is 5.75 Å². The molecule has 0 amide bonds. The third-order valence-electron chi connectivity index (χ3n) is 3.60. The standard InChI is InChI=1S/C13H17NO5S/c15-9-11-8-14(4-6-18-11)20(16,17)12-1-2-13-10(7-12)3-5-19-13/h1-2,7,11,15H,3-6,8-9H2. The Hall–Kier alpha value is -1.15. The normalized spacial score (nSPS) is 23.4. The van der Waals surface area contributed by atoms with Gasteiger partial charge in [0.1, 0.15) is 5.75 Å². The third kappa shape index (κ3) is 2.42. The summed E-state index contributed by atoms with van der Waals surface area (Å²) in [6.07, 6.45) is 0.289. The van der Waals surface area contributed by atoms with E-state index >= 15 is 0 Å². The molecule has 1 unspecified atom stereocenters. The summed E-state index contributed by atoms with van der Waals surface area (Å²) in [6.45, 7) is 1.23. The Morgan fingerprint density at radius 1 is 1.35 bits per heavy atom. The largest absolute Gasteiger partial charge is 0.493 e. The van der Waals surface area contributed by atoms with Gasteiger partial charge in [0.15, 0.2) is 0 Å². The molecule has 0 aromatic heterocycles. The maximum atomic E-state index is 12.6. The minimum absolute atomic E-state index is 0.177. The van der Waals surface area contributed by atoms with E-state index in [1.165, 1.54) is 4.31 Å². The number of aliphatic hydroxyl groups is 1. The minimum Gasteiger partial charge on any atom is -0.493 e. The van der Waals surface area contributed by atoms with Gasteiger partial charge in [-0.15, -0.1) is 0 Å². The number of rotatable bonds is 3. The van der Waals surface area contributed by atoms with E-state index in [1.807, 2.05) is 0 Å². The van der Waals surface area contributed by atoms with Crippen LogP contribution in [0.15, 0.2) is 23.1 Å². The Labute approximate surface area is 118 Å². The van der Waals surface area contributed by atoms with Gasteiger partial charge in [-0.25, -0.2) is 8.42 Å². The van der Waals surface area contributed by atoms with Crippen molar-refractivity contribution in [3.05, 3.63) is 23.8 Å². The van der Waals surface area contributed by atoms with Crippen LogP contribution in [0, 0.1) is 0 Å². The molecule has 2 heterocycles. The molecule has 0 spiro atoms. The molecular formula is C13H17NO5S. The molecule has 1 aromatic rings. The number of fused-ring (bicyclic) bond motifs is 1. The molecule has 0 saturated carbocycles. The number of sulfonamides is 1. The molecule has 1 saturated heterocycles. The van der Waals surface area contributed by atoms with Crippen molar-refractivity contribution in [1.82, 2.24) is 4.31 Å². The Bertz CT molecular complexity index is 601. The second-order valence-electron chi connectivity index (χ2n) is 4.91. The quantitative estimate of drug-likeness (QED) is 0.850. The lowest BCUT2D eigenvalue weighted by atomic mass is 10.2. The lowest BCUT2D eigenvalue weighted by molar-refractivity contribution is -0.0304. The van der Waals surface area contributed by atoms with Gasteiger partial charge in [-0.05, 0) is 23.8 Å². The monoisotopic (exact) mass is 299 g/mol. The highest BCUT2D eigenvalue weighted by molar-refractivity contribution is 7.89. The van der Waals surface area contributed by atoms with Crippen molar-refractivity contribution in [2.45, 2.75) is 17.4 Å². The van der Waals surface area contributed by atoms with Crippen molar-refractivity contribution >= 4 is 10.0 Å². The Morgan fingerprint density at radius 2 is 2.20 bits per heavy atom. The SMILES string of the molecule is O=S(=O)(c1ccc2c(c1)CCO2)N1CCOC(CO)C1. The second kappa shape index (κ2) is 5.33. The number of hydrogen-bond acceptors (Lipinski definition) is 5. The summed E-state index contributed by atoms with van der Waals surface area (Å²) < 4.78 is 37.2. The molecule has 0 bridgehead atoms. The van der Waals surface area contributed by atoms with Crippen molar-refractivity contribution in [3.8, 4) is 5.75 Å². The highest BCUT2D eigenvalue weighted by Crippen LogP contribution is 2.29. The number of nitrogens with zero attached hydrogens (tertiary/aromatic N) is 1. The molecule has 7 heteroatoms. The van der Waals surface area contributed by atoms with Gasteiger partial charge in [-0.3, -0.25) is 0 Å². The number of benzene rings is 1. The van der Waals surface area contributed by atoms with Crippen LogP contribution in [0.25, 0.3) is 0 Å². The van der Waals surface area contributed by atoms with Crippen molar-refractivity contribution < 1.29 is 23.0 Å². The van der Waals surface area contributed by atoms with Crippen LogP contribution in [0.3, 0.4) is 0 Å². The van der Waals surface area contributed by atoms with E-state index in [0.717, 1.165) is 17.7 Å². The van der Waals surface area contributed by atoms with Crippen LogP contribution >= 0.6 is 0 Å². The number of ether oxygens (including phenoxy) is 2. The van der Waals surface area contributed by atoms with Crippen LogP contribution in [-0.2, 0) is 21.2 Å². The molecule has 2 aliphatic heterocycles. The average Bonchev–Trinajstić information content (AvgIpc) is 2.94. The van der Waals surface area contributed by atoms with E-state index in [4.69, 9.17) is 14.6 Å². The molecule has 6 nitrogen and oxygen atoms in total. The van der Waals surface area contributed by atoms with Crippen LogP contribution in [0.1, 0.15) is 5.56 Å². The zero-order valence-electron chi connectivity index (χ0n) is 11.0. The number of morpholine rings is 1. The predicted octanol–water partition coefficient (Wildman–Crippen LogP) is 0.00330. The van der Waals surface area contributed by atoms with E-state index in [0.29, 0.717) is 19.8 Å². The molecule has 1 aromatic carbocycles. The summed E-state index contributed by atoms with van der Waals surface area (Å²) in [5, 5.41) is 9.11. The van der Waals surface area contributed by atoms with Gasteiger partial charge in [0.05, 0.1) is 30.8 Å². The lowest BCUT2D eigenvalue weighted by Crippen LogP contribution is -2.46. The Balaban J connectivity index is 1.87. The van der Waals surface area contributed by atoms with Crippen molar-refractivity contribution in [2.75, 3.05) is 32.9 Å². The van der Waals surface area contributed by atoms with E-state index in [-0.39, 0.29) is 18.0 Å². The van der Waals surface area contributed by atoms with Crippen molar-refractivity contribution in [1.29, 1.82) is 0 Å².